The fraction of sp³-hybridized carbons (Fsp3) is 0.0455. The van der Waals surface area contributed by atoms with Crippen molar-refractivity contribution in [2.45, 2.75) is 13.8 Å². The van der Waals surface area contributed by atoms with Crippen molar-refractivity contribution in [2.75, 3.05) is 0 Å². The van der Waals surface area contributed by atoms with E-state index in [1.54, 1.807) is 0 Å². The second-order valence-corrected chi connectivity index (χ2v) is 12.1. The van der Waals surface area contributed by atoms with E-state index in [2.05, 4.69) is 159 Å². The molecule has 44 heavy (non-hydrogen) atoms. The predicted octanol–water partition coefficient (Wildman–Crippen LogP) is 12.4. The molecule has 0 N–H and O–H groups in total. The third-order valence-corrected chi connectivity index (χ3v) is 9.68. The van der Waals surface area contributed by atoms with Gasteiger partial charge in [0.25, 0.3) is 0 Å². The van der Waals surface area contributed by atoms with Gasteiger partial charge in [0, 0.05) is 0 Å². The summed E-state index contributed by atoms with van der Waals surface area (Å²) in [6, 6.07) is 53.9. The lowest BCUT2D eigenvalue weighted by Gasteiger charge is -2.22. The summed E-state index contributed by atoms with van der Waals surface area (Å²) >= 11 is 0. The Kier molecular flexibility index (Phi) is 5.43. The summed E-state index contributed by atoms with van der Waals surface area (Å²) in [5.41, 5.74) is 15.8. The zero-order chi connectivity index (χ0) is 29.4. The van der Waals surface area contributed by atoms with Crippen molar-refractivity contribution in [3.8, 4) is 55.6 Å². The van der Waals surface area contributed by atoms with Crippen molar-refractivity contribution in [3.05, 3.63) is 157 Å². The van der Waals surface area contributed by atoms with Gasteiger partial charge in [-0.1, -0.05) is 140 Å². The summed E-state index contributed by atoms with van der Waals surface area (Å²) in [5.74, 6) is 0. The number of aryl methyl sites for hydroxylation is 2. The molecular formula is C44H30. The van der Waals surface area contributed by atoms with Gasteiger partial charge in [0.05, 0.1) is 0 Å². The maximum Gasteiger partial charge on any atom is -0.000731 e. The molecule has 0 atom stereocenters. The summed E-state index contributed by atoms with van der Waals surface area (Å²) in [5, 5.41) is 7.81. The van der Waals surface area contributed by atoms with Crippen molar-refractivity contribution in [3.63, 3.8) is 0 Å². The van der Waals surface area contributed by atoms with Crippen LogP contribution in [0.2, 0.25) is 0 Å². The lowest BCUT2D eigenvalue weighted by atomic mass is 9.81. The second-order valence-electron chi connectivity index (χ2n) is 12.1. The zero-order valence-electron chi connectivity index (χ0n) is 24.9. The average Bonchev–Trinajstić information content (AvgIpc) is 3.40. The van der Waals surface area contributed by atoms with Crippen LogP contribution in [0.25, 0.3) is 88.0 Å². The Morgan fingerprint density at radius 2 is 0.818 bits per heavy atom. The number of rotatable bonds is 3. The molecule has 8 aromatic rings. The van der Waals surface area contributed by atoms with E-state index in [1.165, 1.54) is 99.1 Å². The molecule has 0 bridgehead atoms. The first-order valence-electron chi connectivity index (χ1n) is 15.5. The highest BCUT2D eigenvalue weighted by atomic mass is 14.3. The van der Waals surface area contributed by atoms with Crippen molar-refractivity contribution in [1.82, 2.24) is 0 Å². The first kappa shape index (κ1) is 25.1. The minimum atomic E-state index is 1.26. The van der Waals surface area contributed by atoms with Crippen molar-refractivity contribution >= 4 is 32.3 Å². The van der Waals surface area contributed by atoms with Crippen molar-refractivity contribution < 1.29 is 0 Å². The summed E-state index contributed by atoms with van der Waals surface area (Å²) in [6.45, 7) is 4.48. The average molecular weight is 559 g/mol. The van der Waals surface area contributed by atoms with Gasteiger partial charge in [-0.15, -0.1) is 0 Å². The molecule has 0 aromatic heterocycles. The van der Waals surface area contributed by atoms with E-state index in [-0.39, 0.29) is 0 Å². The summed E-state index contributed by atoms with van der Waals surface area (Å²) in [7, 11) is 0. The van der Waals surface area contributed by atoms with Crippen LogP contribution in [0.4, 0.5) is 0 Å². The maximum absolute atomic E-state index is 2.39. The van der Waals surface area contributed by atoms with Crippen LogP contribution in [0.3, 0.4) is 0 Å². The van der Waals surface area contributed by atoms with Gasteiger partial charge in [-0.3, -0.25) is 0 Å². The molecule has 0 radical (unpaired) electrons. The van der Waals surface area contributed by atoms with E-state index in [0.29, 0.717) is 0 Å². The molecule has 0 unspecified atom stereocenters. The topological polar surface area (TPSA) is 0 Å². The molecule has 0 heteroatoms. The first-order valence-corrected chi connectivity index (χ1v) is 15.5. The van der Waals surface area contributed by atoms with Gasteiger partial charge >= 0.3 is 0 Å². The van der Waals surface area contributed by atoms with Gasteiger partial charge < -0.3 is 0 Å². The molecule has 0 saturated heterocycles. The fourth-order valence-electron chi connectivity index (χ4n) is 7.68. The largest absolute Gasteiger partial charge is 0.0620 e. The lowest BCUT2D eigenvalue weighted by Crippen LogP contribution is -1.95. The van der Waals surface area contributed by atoms with Gasteiger partial charge in [0.2, 0.25) is 0 Å². The van der Waals surface area contributed by atoms with Gasteiger partial charge in [0.1, 0.15) is 0 Å². The van der Waals surface area contributed by atoms with Crippen LogP contribution in [0.1, 0.15) is 11.1 Å². The molecule has 0 aliphatic heterocycles. The molecule has 8 aromatic carbocycles. The van der Waals surface area contributed by atoms with Gasteiger partial charge in [-0.2, -0.15) is 0 Å². The van der Waals surface area contributed by atoms with Crippen LogP contribution in [0.5, 0.6) is 0 Å². The Labute approximate surface area is 257 Å². The fourth-order valence-corrected chi connectivity index (χ4v) is 7.68. The molecule has 0 spiro atoms. The third kappa shape index (κ3) is 3.52. The van der Waals surface area contributed by atoms with E-state index in [4.69, 9.17) is 0 Å². The van der Waals surface area contributed by atoms with Crippen LogP contribution < -0.4 is 0 Å². The Hall–Kier alpha value is -5.46. The predicted molar refractivity (Wildman–Crippen MR) is 189 cm³/mol. The molecule has 0 saturated carbocycles. The smallest absolute Gasteiger partial charge is 0.000731 e. The summed E-state index contributed by atoms with van der Waals surface area (Å²) < 4.78 is 0. The quantitative estimate of drug-likeness (QED) is 0.202. The van der Waals surface area contributed by atoms with Gasteiger partial charge in [-0.05, 0) is 119 Å². The number of hydrogen-bond acceptors (Lipinski definition) is 0. The molecule has 206 valence electrons. The molecule has 0 amide bonds. The SMILES string of the molecule is Cc1ccccc1-c1c2c(c(-c3ccccc3C)c3ccccc13)-c1ccc(-c3ccc4ccccc4c3)c3cccc-2c13. The Morgan fingerprint density at radius 1 is 0.318 bits per heavy atom. The lowest BCUT2D eigenvalue weighted by molar-refractivity contribution is 1.46. The van der Waals surface area contributed by atoms with Crippen LogP contribution in [0.15, 0.2) is 146 Å². The van der Waals surface area contributed by atoms with Gasteiger partial charge in [-0.25, -0.2) is 0 Å². The second kappa shape index (κ2) is 9.53. The Balaban J connectivity index is 1.45. The Morgan fingerprint density at radius 3 is 1.48 bits per heavy atom. The maximum atomic E-state index is 2.39. The third-order valence-electron chi connectivity index (χ3n) is 9.68. The van der Waals surface area contributed by atoms with Crippen molar-refractivity contribution in [1.29, 1.82) is 0 Å². The molecule has 1 aliphatic carbocycles. The zero-order valence-corrected chi connectivity index (χ0v) is 24.9. The van der Waals surface area contributed by atoms with E-state index in [9.17, 15) is 0 Å². The molecule has 9 rings (SSSR count). The Bertz CT molecular complexity index is 2360. The van der Waals surface area contributed by atoms with E-state index >= 15 is 0 Å². The first-order chi connectivity index (χ1) is 21.7. The monoisotopic (exact) mass is 558 g/mol. The number of fused-ring (bicyclic) bond motifs is 5. The van der Waals surface area contributed by atoms with E-state index in [1.807, 2.05) is 0 Å². The van der Waals surface area contributed by atoms with E-state index < -0.39 is 0 Å². The molecule has 0 nitrogen and oxygen atoms in total. The van der Waals surface area contributed by atoms with Crippen LogP contribution in [-0.4, -0.2) is 0 Å². The molecular weight excluding hydrogens is 528 g/mol. The normalized spacial score (nSPS) is 11.9. The van der Waals surface area contributed by atoms with Crippen LogP contribution in [-0.2, 0) is 0 Å². The highest BCUT2D eigenvalue weighted by Crippen LogP contribution is 2.59. The number of hydrogen-bond donors (Lipinski definition) is 0. The minimum Gasteiger partial charge on any atom is -0.0620 e. The van der Waals surface area contributed by atoms with Crippen LogP contribution in [0, 0.1) is 13.8 Å². The molecule has 0 fully saturated rings. The van der Waals surface area contributed by atoms with Crippen molar-refractivity contribution in [2.24, 2.45) is 0 Å². The minimum absolute atomic E-state index is 1.26. The van der Waals surface area contributed by atoms with E-state index in [0.717, 1.165) is 0 Å². The highest BCUT2D eigenvalue weighted by Gasteiger charge is 2.31. The molecule has 1 aliphatic rings. The summed E-state index contributed by atoms with van der Waals surface area (Å²) in [4.78, 5) is 0. The molecule has 0 heterocycles. The standard InChI is InChI=1S/C44H30/c1-27-12-3-7-16-32(27)41-36-18-9-10-19-37(36)42(33-17-8-4-13-28(33)2)44-39-25-24-34(35-20-11-21-38(40(35)39)43(41)44)31-23-22-29-14-5-6-15-30(29)26-31/h3-26H,1-2H3. The highest BCUT2D eigenvalue weighted by molar-refractivity contribution is 6.29. The van der Waals surface area contributed by atoms with Crippen LogP contribution >= 0.6 is 0 Å². The van der Waals surface area contributed by atoms with Gasteiger partial charge in [0.15, 0.2) is 0 Å². The number of benzene rings is 8. The summed E-state index contributed by atoms with van der Waals surface area (Å²) in [6.07, 6.45) is 0.